The van der Waals surface area contributed by atoms with Gasteiger partial charge in [-0.05, 0) is 61.4 Å². The van der Waals surface area contributed by atoms with Crippen molar-refractivity contribution in [3.05, 3.63) is 65.2 Å². The average Bonchev–Trinajstić information content (AvgIpc) is 3.09. The predicted molar refractivity (Wildman–Crippen MR) is 105 cm³/mol. The van der Waals surface area contributed by atoms with Gasteiger partial charge in [0.25, 0.3) is 0 Å². The van der Waals surface area contributed by atoms with Crippen molar-refractivity contribution in [2.45, 2.75) is 31.8 Å². The number of hydrogen-bond acceptors (Lipinski definition) is 4. The Balaban J connectivity index is 1.34. The van der Waals surface area contributed by atoms with Crippen molar-refractivity contribution in [1.82, 2.24) is 4.90 Å². The number of fused-ring (bicyclic) bond motifs is 1. The number of phenolic OH excluding ortho intramolecular Hbond substituents is 1. The van der Waals surface area contributed by atoms with E-state index in [4.69, 9.17) is 0 Å². The summed E-state index contributed by atoms with van der Waals surface area (Å²) >= 11 is 0. The van der Waals surface area contributed by atoms with E-state index in [1.165, 1.54) is 11.1 Å². The van der Waals surface area contributed by atoms with Crippen LogP contribution >= 0.6 is 0 Å². The molecule has 1 aliphatic heterocycles. The lowest BCUT2D eigenvalue weighted by Gasteiger charge is -2.26. The number of aryl methyl sites for hydroxylation is 1. The van der Waals surface area contributed by atoms with E-state index >= 15 is 0 Å². The van der Waals surface area contributed by atoms with Gasteiger partial charge in [-0.25, -0.2) is 0 Å². The number of carbonyl (C=O) groups is 1. The lowest BCUT2D eigenvalue weighted by Crippen LogP contribution is -2.34. The third-order valence-electron chi connectivity index (χ3n) is 6.11. The van der Waals surface area contributed by atoms with Crippen LogP contribution in [0.2, 0.25) is 0 Å². The van der Waals surface area contributed by atoms with Crippen molar-refractivity contribution in [1.29, 1.82) is 0 Å². The molecule has 4 rings (SSSR count). The Kier molecular flexibility index (Phi) is 4.79. The van der Waals surface area contributed by atoms with Crippen LogP contribution in [0.5, 0.6) is 5.75 Å². The summed E-state index contributed by atoms with van der Waals surface area (Å²) in [5.41, 5.74) is 2.46. The quantitative estimate of drug-likeness (QED) is 0.799. The molecule has 4 nitrogen and oxygen atoms in total. The van der Waals surface area contributed by atoms with Crippen LogP contribution in [-0.2, 0) is 6.42 Å². The van der Waals surface area contributed by atoms with Crippen LogP contribution in [0, 0.1) is 18.8 Å². The van der Waals surface area contributed by atoms with Gasteiger partial charge in [-0.2, -0.15) is 0 Å². The molecule has 0 spiro atoms. The Morgan fingerprint density at radius 1 is 1.11 bits per heavy atom. The summed E-state index contributed by atoms with van der Waals surface area (Å²) in [4.78, 5) is 14.7. The van der Waals surface area contributed by atoms with E-state index in [1.54, 1.807) is 24.3 Å². The van der Waals surface area contributed by atoms with Gasteiger partial charge in [0, 0.05) is 25.1 Å². The van der Waals surface area contributed by atoms with Gasteiger partial charge in [-0.1, -0.05) is 29.8 Å². The number of benzene rings is 2. The molecular formula is C23H27NO3. The summed E-state index contributed by atoms with van der Waals surface area (Å²) in [5, 5.41) is 20.5. The summed E-state index contributed by atoms with van der Waals surface area (Å²) in [7, 11) is 0. The third-order valence-corrected chi connectivity index (χ3v) is 6.11. The number of nitrogens with zero attached hydrogens (tertiary/aromatic N) is 1. The zero-order valence-corrected chi connectivity index (χ0v) is 15.8. The maximum Gasteiger partial charge on any atom is 0.176 e. The van der Waals surface area contributed by atoms with Crippen LogP contribution in [0.15, 0.2) is 48.5 Å². The van der Waals surface area contributed by atoms with Gasteiger partial charge >= 0.3 is 0 Å². The van der Waals surface area contributed by atoms with Gasteiger partial charge in [0.15, 0.2) is 5.78 Å². The molecule has 1 saturated heterocycles. The van der Waals surface area contributed by atoms with Crippen molar-refractivity contribution in [3.63, 3.8) is 0 Å². The molecule has 142 valence electrons. The highest BCUT2D eigenvalue weighted by molar-refractivity contribution is 5.97. The van der Waals surface area contributed by atoms with Crippen LogP contribution in [0.1, 0.15) is 34.3 Å². The second-order valence-electron chi connectivity index (χ2n) is 8.48. The average molecular weight is 365 g/mol. The van der Waals surface area contributed by atoms with Gasteiger partial charge in [0.1, 0.15) is 5.75 Å². The Bertz CT molecular complexity index is 816. The van der Waals surface area contributed by atoms with Crippen LogP contribution in [0.25, 0.3) is 0 Å². The number of hydrogen-bond donors (Lipinski definition) is 2. The van der Waals surface area contributed by atoms with E-state index in [0.717, 1.165) is 25.9 Å². The molecule has 27 heavy (non-hydrogen) atoms. The largest absolute Gasteiger partial charge is 0.508 e. The highest BCUT2D eigenvalue weighted by atomic mass is 16.3. The maximum absolute atomic E-state index is 12.5. The van der Waals surface area contributed by atoms with Crippen LogP contribution in [0.3, 0.4) is 0 Å². The standard InChI is InChI=1S/C23H27NO3/c1-16-3-2-4-17(9-16)10-23(27)11-19-13-24(14-20(19)12-23)15-22(26)18-5-7-21(25)8-6-18/h2-9,19-20,25,27H,10-15H2,1H3/t19-,20+,23?. The molecule has 2 fully saturated rings. The first kappa shape index (κ1) is 18.2. The zero-order valence-electron chi connectivity index (χ0n) is 15.8. The van der Waals surface area contributed by atoms with Gasteiger partial charge in [0.2, 0.25) is 0 Å². The van der Waals surface area contributed by atoms with Crippen LogP contribution in [0.4, 0.5) is 0 Å². The molecular weight excluding hydrogens is 338 g/mol. The number of likely N-dealkylation sites (tertiary alicyclic amines) is 1. The minimum atomic E-state index is -0.615. The summed E-state index contributed by atoms with van der Waals surface area (Å²) in [6, 6.07) is 14.9. The molecule has 1 saturated carbocycles. The van der Waals surface area contributed by atoms with E-state index in [1.807, 2.05) is 0 Å². The summed E-state index contributed by atoms with van der Waals surface area (Å²) < 4.78 is 0. The number of ketones is 1. The van der Waals surface area contributed by atoms with E-state index in [-0.39, 0.29) is 11.5 Å². The van der Waals surface area contributed by atoms with Crippen molar-refractivity contribution in [3.8, 4) is 5.75 Å². The van der Waals surface area contributed by atoms with Crippen LogP contribution < -0.4 is 0 Å². The number of phenols is 1. The monoisotopic (exact) mass is 365 g/mol. The molecule has 1 aliphatic carbocycles. The Morgan fingerprint density at radius 3 is 2.41 bits per heavy atom. The summed E-state index contributed by atoms with van der Waals surface area (Å²) in [6.45, 7) is 4.25. The van der Waals surface area contributed by atoms with Gasteiger partial charge < -0.3 is 10.2 Å². The molecule has 2 aromatic carbocycles. The van der Waals surface area contributed by atoms with Gasteiger partial charge in [-0.15, -0.1) is 0 Å². The minimum absolute atomic E-state index is 0.0880. The molecule has 2 N–H and O–H groups in total. The SMILES string of the molecule is Cc1cccc(CC2(O)C[C@H]3CN(CC(=O)c4ccc(O)cc4)C[C@H]3C2)c1. The Morgan fingerprint density at radius 2 is 1.78 bits per heavy atom. The van der Waals surface area contributed by atoms with Gasteiger partial charge in [-0.3, -0.25) is 9.69 Å². The summed E-state index contributed by atoms with van der Waals surface area (Å²) in [5.74, 6) is 1.19. The molecule has 3 atom stereocenters. The minimum Gasteiger partial charge on any atom is -0.508 e. The fraction of sp³-hybridized carbons (Fsp3) is 0.435. The van der Waals surface area contributed by atoms with Crippen molar-refractivity contribution in [2.24, 2.45) is 11.8 Å². The fourth-order valence-electron chi connectivity index (χ4n) is 4.98. The number of aromatic hydroxyl groups is 1. The molecule has 2 aromatic rings. The maximum atomic E-state index is 12.5. The first-order valence-electron chi connectivity index (χ1n) is 9.73. The second kappa shape index (κ2) is 7.10. The lowest BCUT2D eigenvalue weighted by atomic mass is 9.91. The van der Waals surface area contributed by atoms with E-state index in [2.05, 4.69) is 36.1 Å². The van der Waals surface area contributed by atoms with Crippen molar-refractivity contribution < 1.29 is 15.0 Å². The van der Waals surface area contributed by atoms with E-state index in [0.29, 0.717) is 30.4 Å². The summed E-state index contributed by atoms with van der Waals surface area (Å²) in [6.07, 6.45) is 2.35. The second-order valence-corrected chi connectivity index (χ2v) is 8.48. The number of carbonyl (C=O) groups excluding carboxylic acids is 1. The molecule has 0 radical (unpaired) electrons. The molecule has 0 amide bonds. The van der Waals surface area contributed by atoms with Crippen LogP contribution in [-0.4, -0.2) is 46.1 Å². The first-order valence-corrected chi connectivity index (χ1v) is 9.73. The molecule has 0 bridgehead atoms. The number of Topliss-reactive ketones (excluding diaryl/α,β-unsaturated/α-hetero) is 1. The number of rotatable bonds is 5. The smallest absolute Gasteiger partial charge is 0.176 e. The highest BCUT2D eigenvalue weighted by Crippen LogP contribution is 2.45. The Hall–Kier alpha value is -2.17. The Labute approximate surface area is 160 Å². The molecule has 1 unspecified atom stereocenters. The molecule has 1 heterocycles. The van der Waals surface area contributed by atoms with Crippen molar-refractivity contribution in [2.75, 3.05) is 19.6 Å². The highest BCUT2D eigenvalue weighted by Gasteiger charge is 2.48. The zero-order chi connectivity index (χ0) is 19.0. The molecule has 2 aliphatic rings. The van der Waals surface area contributed by atoms with Crippen molar-refractivity contribution >= 4 is 5.78 Å². The van der Waals surface area contributed by atoms with E-state index < -0.39 is 5.60 Å². The number of aliphatic hydroxyl groups is 1. The predicted octanol–water partition coefficient (Wildman–Crippen LogP) is 3.20. The first-order chi connectivity index (χ1) is 12.9. The topological polar surface area (TPSA) is 60.8 Å². The van der Waals surface area contributed by atoms with Gasteiger partial charge in [0.05, 0.1) is 12.1 Å². The molecule has 4 heteroatoms. The van der Waals surface area contributed by atoms with E-state index in [9.17, 15) is 15.0 Å². The lowest BCUT2D eigenvalue weighted by molar-refractivity contribution is 0.0355. The normalized spacial score (nSPS) is 27.6. The molecule has 0 aromatic heterocycles. The third kappa shape index (κ3) is 4.07. The fourth-order valence-corrected chi connectivity index (χ4v) is 4.98.